The van der Waals surface area contributed by atoms with Crippen LogP contribution in [-0.4, -0.2) is 19.0 Å². The predicted molar refractivity (Wildman–Crippen MR) is 68.2 cm³/mol. The highest BCUT2D eigenvalue weighted by atomic mass is 79.9. The summed E-state index contributed by atoms with van der Waals surface area (Å²) >= 11 is 3.27. The van der Waals surface area contributed by atoms with E-state index < -0.39 is 5.82 Å². The fourth-order valence-electron chi connectivity index (χ4n) is 2.00. The number of halogens is 2. The molecule has 17 heavy (non-hydrogen) atoms. The maximum absolute atomic E-state index is 13.6. The number of nitrogens with two attached hydrogens (primary N) is 1. The molecule has 0 unspecified atom stereocenters. The second kappa shape index (κ2) is 4.74. The zero-order valence-electron chi connectivity index (χ0n) is 9.49. The number of anilines is 1. The van der Waals surface area contributed by atoms with Crippen LogP contribution in [0.15, 0.2) is 22.7 Å². The first kappa shape index (κ1) is 12.5. The molecule has 0 aliphatic heterocycles. The highest BCUT2D eigenvalue weighted by Crippen LogP contribution is 2.30. The molecule has 1 amide bonds. The highest BCUT2D eigenvalue weighted by molar-refractivity contribution is 9.10. The van der Waals surface area contributed by atoms with Crippen molar-refractivity contribution >= 4 is 27.5 Å². The molecular formula is C12H14BrFN2O. The molecule has 0 aromatic heterocycles. The van der Waals surface area contributed by atoms with Gasteiger partial charge in [-0.05, 0) is 31.0 Å². The summed E-state index contributed by atoms with van der Waals surface area (Å²) in [7, 11) is 1.59. The summed E-state index contributed by atoms with van der Waals surface area (Å²) in [4.78, 5) is 13.4. The van der Waals surface area contributed by atoms with Gasteiger partial charge >= 0.3 is 0 Å². The SMILES string of the molecule is CN(C(=O)C1CC(N)C1)c1cc(Br)ccc1F. The smallest absolute Gasteiger partial charge is 0.230 e. The minimum Gasteiger partial charge on any atom is -0.328 e. The maximum atomic E-state index is 13.6. The lowest BCUT2D eigenvalue weighted by Crippen LogP contribution is -2.45. The van der Waals surface area contributed by atoms with Gasteiger partial charge in [0, 0.05) is 23.5 Å². The summed E-state index contributed by atoms with van der Waals surface area (Å²) in [6.45, 7) is 0. The molecule has 0 saturated heterocycles. The normalized spacial score (nSPS) is 23.1. The van der Waals surface area contributed by atoms with E-state index in [0.29, 0.717) is 18.5 Å². The van der Waals surface area contributed by atoms with Crippen molar-refractivity contribution < 1.29 is 9.18 Å². The number of carbonyl (C=O) groups is 1. The lowest BCUT2D eigenvalue weighted by Gasteiger charge is -2.34. The van der Waals surface area contributed by atoms with Crippen LogP contribution in [0.5, 0.6) is 0 Å². The van der Waals surface area contributed by atoms with Crippen LogP contribution in [0.4, 0.5) is 10.1 Å². The van der Waals surface area contributed by atoms with Gasteiger partial charge in [-0.3, -0.25) is 4.79 Å². The first-order chi connectivity index (χ1) is 7.99. The van der Waals surface area contributed by atoms with Gasteiger partial charge in [-0.15, -0.1) is 0 Å². The molecule has 92 valence electrons. The Kier molecular flexibility index (Phi) is 3.49. The molecule has 0 radical (unpaired) electrons. The Morgan fingerprint density at radius 3 is 2.76 bits per heavy atom. The van der Waals surface area contributed by atoms with E-state index in [2.05, 4.69) is 15.9 Å². The Bertz CT molecular complexity index is 446. The number of nitrogens with zero attached hydrogens (tertiary/aromatic N) is 1. The van der Waals surface area contributed by atoms with Gasteiger partial charge in [-0.1, -0.05) is 15.9 Å². The van der Waals surface area contributed by atoms with Gasteiger partial charge < -0.3 is 10.6 Å². The monoisotopic (exact) mass is 300 g/mol. The van der Waals surface area contributed by atoms with Gasteiger partial charge in [0.25, 0.3) is 0 Å². The standard InChI is InChI=1S/C12H14BrFN2O/c1-16(12(17)7-4-9(15)5-7)11-6-8(13)2-3-10(11)14/h2-3,6-7,9H,4-5,15H2,1H3. The molecule has 1 fully saturated rings. The van der Waals surface area contributed by atoms with Gasteiger partial charge in [-0.25, -0.2) is 4.39 Å². The van der Waals surface area contributed by atoms with E-state index in [1.807, 2.05) is 0 Å². The maximum Gasteiger partial charge on any atom is 0.230 e. The zero-order chi connectivity index (χ0) is 12.6. The molecule has 0 spiro atoms. The number of carbonyl (C=O) groups excluding carboxylic acids is 1. The van der Waals surface area contributed by atoms with Crippen LogP contribution in [0, 0.1) is 11.7 Å². The quantitative estimate of drug-likeness (QED) is 0.911. The van der Waals surface area contributed by atoms with Crippen molar-refractivity contribution in [3.05, 3.63) is 28.5 Å². The van der Waals surface area contributed by atoms with Crippen LogP contribution in [0.3, 0.4) is 0 Å². The van der Waals surface area contributed by atoms with E-state index in [9.17, 15) is 9.18 Å². The van der Waals surface area contributed by atoms with Crippen LogP contribution in [0.25, 0.3) is 0 Å². The molecule has 1 aromatic carbocycles. The molecule has 2 rings (SSSR count). The second-order valence-corrected chi connectivity index (χ2v) is 5.34. The molecule has 0 heterocycles. The lowest BCUT2D eigenvalue weighted by molar-refractivity contribution is -0.124. The van der Waals surface area contributed by atoms with Crippen molar-refractivity contribution in [1.29, 1.82) is 0 Å². The molecule has 0 bridgehead atoms. The van der Waals surface area contributed by atoms with E-state index in [4.69, 9.17) is 5.73 Å². The average Bonchev–Trinajstić information content (AvgIpc) is 2.26. The predicted octanol–water partition coefficient (Wildman–Crippen LogP) is 2.29. The van der Waals surface area contributed by atoms with Crippen LogP contribution in [0.2, 0.25) is 0 Å². The third-order valence-electron chi connectivity index (χ3n) is 3.12. The second-order valence-electron chi connectivity index (χ2n) is 4.42. The fraction of sp³-hybridized carbons (Fsp3) is 0.417. The number of hydrogen-bond donors (Lipinski definition) is 1. The summed E-state index contributed by atoms with van der Waals surface area (Å²) < 4.78 is 14.4. The lowest BCUT2D eigenvalue weighted by atomic mass is 9.80. The van der Waals surface area contributed by atoms with Crippen LogP contribution < -0.4 is 10.6 Å². The molecule has 3 nitrogen and oxygen atoms in total. The van der Waals surface area contributed by atoms with E-state index >= 15 is 0 Å². The number of rotatable bonds is 2. The molecule has 0 atom stereocenters. The third kappa shape index (κ3) is 2.50. The third-order valence-corrected chi connectivity index (χ3v) is 3.62. The first-order valence-electron chi connectivity index (χ1n) is 5.47. The summed E-state index contributed by atoms with van der Waals surface area (Å²) in [5.74, 6) is -0.523. The Hall–Kier alpha value is -0.940. The zero-order valence-corrected chi connectivity index (χ0v) is 11.1. The van der Waals surface area contributed by atoms with Crippen LogP contribution in [-0.2, 0) is 4.79 Å². The van der Waals surface area contributed by atoms with Crippen molar-refractivity contribution in [2.24, 2.45) is 11.7 Å². The molecule has 2 N–H and O–H groups in total. The summed E-state index contributed by atoms with van der Waals surface area (Å²) in [5, 5.41) is 0. The van der Waals surface area contributed by atoms with Gasteiger partial charge in [-0.2, -0.15) is 0 Å². The molecule has 1 aliphatic rings. The van der Waals surface area contributed by atoms with Crippen LogP contribution in [0.1, 0.15) is 12.8 Å². The minimum absolute atomic E-state index is 0.0617. The van der Waals surface area contributed by atoms with Gasteiger partial charge in [0.2, 0.25) is 5.91 Å². The number of amides is 1. The Balaban J connectivity index is 2.16. The van der Waals surface area contributed by atoms with Crippen LogP contribution >= 0.6 is 15.9 Å². The van der Waals surface area contributed by atoms with Crippen molar-refractivity contribution in [1.82, 2.24) is 0 Å². The van der Waals surface area contributed by atoms with E-state index in [0.717, 1.165) is 4.47 Å². The van der Waals surface area contributed by atoms with E-state index in [1.165, 1.54) is 11.0 Å². The molecule has 5 heteroatoms. The highest BCUT2D eigenvalue weighted by Gasteiger charge is 2.34. The van der Waals surface area contributed by atoms with Gasteiger partial charge in [0.1, 0.15) is 5.82 Å². The number of hydrogen-bond acceptors (Lipinski definition) is 2. The van der Waals surface area contributed by atoms with Crippen molar-refractivity contribution in [2.45, 2.75) is 18.9 Å². The van der Waals surface area contributed by atoms with E-state index in [1.54, 1.807) is 19.2 Å². The first-order valence-corrected chi connectivity index (χ1v) is 6.26. The van der Waals surface area contributed by atoms with Crippen molar-refractivity contribution in [3.63, 3.8) is 0 Å². The number of benzene rings is 1. The fourth-order valence-corrected chi connectivity index (χ4v) is 2.35. The Morgan fingerprint density at radius 2 is 2.18 bits per heavy atom. The summed E-state index contributed by atoms with van der Waals surface area (Å²) in [6.07, 6.45) is 1.39. The van der Waals surface area contributed by atoms with Crippen molar-refractivity contribution in [2.75, 3.05) is 11.9 Å². The minimum atomic E-state index is -0.396. The Labute approximate surface area is 108 Å². The molecule has 1 aliphatic carbocycles. The van der Waals surface area contributed by atoms with Gasteiger partial charge in [0.15, 0.2) is 0 Å². The Morgan fingerprint density at radius 1 is 1.53 bits per heavy atom. The molecule has 1 saturated carbocycles. The summed E-state index contributed by atoms with van der Waals surface area (Å²) in [6, 6.07) is 4.67. The molecular weight excluding hydrogens is 287 g/mol. The topological polar surface area (TPSA) is 46.3 Å². The summed E-state index contributed by atoms with van der Waals surface area (Å²) in [5.41, 5.74) is 5.94. The molecule has 1 aromatic rings. The van der Waals surface area contributed by atoms with Crippen molar-refractivity contribution in [3.8, 4) is 0 Å². The largest absolute Gasteiger partial charge is 0.328 e. The van der Waals surface area contributed by atoms with E-state index in [-0.39, 0.29) is 17.9 Å². The van der Waals surface area contributed by atoms with Gasteiger partial charge in [0.05, 0.1) is 5.69 Å². The average molecular weight is 301 g/mol.